The van der Waals surface area contributed by atoms with Crippen LogP contribution in [0.1, 0.15) is 40.0 Å². The second-order valence-corrected chi connectivity index (χ2v) is 8.90. The molecule has 2 heterocycles. The largest absolute Gasteiger partial charge is 0.507 e. The predicted octanol–water partition coefficient (Wildman–Crippen LogP) is 4.43. The van der Waals surface area contributed by atoms with Crippen molar-refractivity contribution in [1.82, 2.24) is 0 Å². The highest BCUT2D eigenvalue weighted by molar-refractivity contribution is 6.51. The molecular weight excluding hydrogens is 474 g/mol. The number of anilines is 1. The van der Waals surface area contributed by atoms with Gasteiger partial charge in [0.05, 0.1) is 31.4 Å². The van der Waals surface area contributed by atoms with Gasteiger partial charge >= 0.3 is 5.97 Å². The summed E-state index contributed by atoms with van der Waals surface area (Å²) < 4.78 is 16.1. The van der Waals surface area contributed by atoms with E-state index in [-0.39, 0.29) is 17.4 Å². The van der Waals surface area contributed by atoms with E-state index in [0.717, 1.165) is 11.3 Å². The van der Waals surface area contributed by atoms with Crippen LogP contribution in [0.5, 0.6) is 11.5 Å². The van der Waals surface area contributed by atoms with Crippen molar-refractivity contribution >= 4 is 29.1 Å². The molecule has 8 heteroatoms. The monoisotopic (exact) mass is 499 g/mol. The molecule has 0 radical (unpaired) electrons. The number of aliphatic hydroxyl groups excluding tert-OH is 1. The summed E-state index contributed by atoms with van der Waals surface area (Å²) in [5, 5.41) is 11.5. The van der Waals surface area contributed by atoms with Crippen LogP contribution in [-0.2, 0) is 20.7 Å². The van der Waals surface area contributed by atoms with Crippen LogP contribution in [0.4, 0.5) is 5.69 Å². The fourth-order valence-corrected chi connectivity index (χ4v) is 4.89. The van der Waals surface area contributed by atoms with Crippen LogP contribution in [-0.4, -0.2) is 43.1 Å². The van der Waals surface area contributed by atoms with E-state index in [2.05, 4.69) is 0 Å². The number of amides is 1. The number of hydrogen-bond donors (Lipinski definition) is 1. The van der Waals surface area contributed by atoms with Crippen molar-refractivity contribution in [3.8, 4) is 11.5 Å². The number of esters is 1. The Bertz CT molecular complexity index is 1440. The molecule has 37 heavy (non-hydrogen) atoms. The molecule has 2 aliphatic rings. The van der Waals surface area contributed by atoms with Crippen LogP contribution in [0.3, 0.4) is 0 Å². The number of para-hydroxylation sites is 1. The summed E-state index contributed by atoms with van der Waals surface area (Å²) in [6.07, 6.45) is 0.687. The first kappa shape index (κ1) is 24.1. The van der Waals surface area contributed by atoms with E-state index in [1.165, 1.54) is 31.3 Å². The van der Waals surface area contributed by atoms with Crippen molar-refractivity contribution in [2.24, 2.45) is 0 Å². The third kappa shape index (κ3) is 4.10. The molecule has 8 nitrogen and oxygen atoms in total. The number of rotatable bonds is 5. The third-order valence-electron chi connectivity index (χ3n) is 6.61. The average molecular weight is 500 g/mol. The number of Topliss-reactive ketones (excluding diaryl/α,β-unsaturated/α-hetero) is 1. The van der Waals surface area contributed by atoms with Crippen molar-refractivity contribution in [1.29, 1.82) is 0 Å². The fraction of sp³-hybridized carbons (Fsp3) is 0.207. The fourth-order valence-electron chi connectivity index (χ4n) is 4.89. The van der Waals surface area contributed by atoms with Crippen molar-refractivity contribution in [3.05, 3.63) is 94.6 Å². The second kappa shape index (κ2) is 9.46. The van der Waals surface area contributed by atoms with Crippen molar-refractivity contribution in [2.75, 3.05) is 19.1 Å². The Kier molecular flexibility index (Phi) is 6.17. The van der Waals surface area contributed by atoms with Crippen LogP contribution in [0.2, 0.25) is 0 Å². The highest BCUT2D eigenvalue weighted by Crippen LogP contribution is 2.45. The van der Waals surface area contributed by atoms with Gasteiger partial charge in [-0.3, -0.25) is 14.5 Å². The number of carbonyl (C=O) groups excluding carboxylic acids is 3. The lowest BCUT2D eigenvalue weighted by Crippen LogP contribution is -2.29. The quantitative estimate of drug-likeness (QED) is 0.240. The van der Waals surface area contributed by atoms with Gasteiger partial charge in [0.25, 0.3) is 11.7 Å². The molecule has 3 aromatic rings. The van der Waals surface area contributed by atoms with Gasteiger partial charge in [-0.2, -0.15) is 0 Å². The smallest absolute Gasteiger partial charge is 0.337 e. The molecule has 0 aromatic heterocycles. The van der Waals surface area contributed by atoms with E-state index in [0.29, 0.717) is 34.5 Å². The van der Waals surface area contributed by atoms with Gasteiger partial charge in [0.2, 0.25) is 0 Å². The van der Waals surface area contributed by atoms with Crippen molar-refractivity contribution in [3.63, 3.8) is 0 Å². The summed E-state index contributed by atoms with van der Waals surface area (Å²) in [6, 6.07) is 17.4. The van der Waals surface area contributed by atoms with E-state index in [1.807, 2.05) is 6.92 Å². The molecule has 1 N–H and O–H groups in total. The summed E-state index contributed by atoms with van der Waals surface area (Å²) in [5.74, 6) is -1.25. The van der Waals surface area contributed by atoms with Gasteiger partial charge in [0.15, 0.2) is 0 Å². The lowest BCUT2D eigenvalue weighted by Gasteiger charge is -2.26. The molecule has 2 aliphatic heterocycles. The topological polar surface area (TPSA) is 102 Å². The lowest BCUT2D eigenvalue weighted by atomic mass is 9.93. The first-order valence-corrected chi connectivity index (χ1v) is 11.8. The predicted molar refractivity (Wildman–Crippen MR) is 136 cm³/mol. The SMILES string of the molecule is COC(=O)c1ccc(N2C(=O)C(=O)/C(=C(/O)c3ccc4c(c3)CC(C)O4)C2c2ccccc2OC)cc1. The minimum atomic E-state index is -0.969. The summed E-state index contributed by atoms with van der Waals surface area (Å²) in [7, 11) is 2.78. The number of ketones is 1. The van der Waals surface area contributed by atoms with Crippen molar-refractivity contribution < 1.29 is 33.7 Å². The minimum absolute atomic E-state index is 0.0134. The molecule has 0 spiro atoms. The summed E-state index contributed by atoms with van der Waals surface area (Å²) in [6.45, 7) is 1.96. The lowest BCUT2D eigenvalue weighted by molar-refractivity contribution is -0.132. The van der Waals surface area contributed by atoms with Gasteiger partial charge in [-0.05, 0) is 61.0 Å². The zero-order valence-electron chi connectivity index (χ0n) is 20.6. The van der Waals surface area contributed by atoms with E-state index < -0.39 is 23.7 Å². The van der Waals surface area contributed by atoms with Crippen LogP contribution < -0.4 is 14.4 Å². The first-order valence-electron chi connectivity index (χ1n) is 11.8. The van der Waals surface area contributed by atoms with Crippen LogP contribution in [0, 0.1) is 0 Å². The van der Waals surface area contributed by atoms with Gasteiger partial charge in [-0.25, -0.2) is 4.79 Å². The molecule has 0 saturated carbocycles. The van der Waals surface area contributed by atoms with Crippen LogP contribution >= 0.6 is 0 Å². The Balaban J connectivity index is 1.68. The highest BCUT2D eigenvalue weighted by atomic mass is 16.5. The third-order valence-corrected chi connectivity index (χ3v) is 6.61. The zero-order chi connectivity index (χ0) is 26.3. The number of benzene rings is 3. The zero-order valence-corrected chi connectivity index (χ0v) is 20.6. The molecule has 2 unspecified atom stereocenters. The number of nitrogens with zero attached hydrogens (tertiary/aromatic N) is 1. The number of carbonyl (C=O) groups is 3. The normalized spacial score (nSPS) is 19.9. The van der Waals surface area contributed by atoms with E-state index >= 15 is 0 Å². The Labute approximate surface area is 213 Å². The second-order valence-electron chi connectivity index (χ2n) is 8.90. The minimum Gasteiger partial charge on any atom is -0.507 e. The summed E-state index contributed by atoms with van der Waals surface area (Å²) >= 11 is 0. The molecule has 5 rings (SSSR count). The van der Waals surface area contributed by atoms with E-state index in [1.54, 1.807) is 54.6 Å². The molecule has 1 fully saturated rings. The molecule has 0 aliphatic carbocycles. The number of hydrogen-bond acceptors (Lipinski definition) is 7. The molecule has 3 aromatic carbocycles. The maximum absolute atomic E-state index is 13.4. The number of fused-ring (bicyclic) bond motifs is 1. The Hall–Kier alpha value is -4.59. The Morgan fingerprint density at radius 3 is 2.41 bits per heavy atom. The Morgan fingerprint density at radius 1 is 1.00 bits per heavy atom. The summed E-state index contributed by atoms with van der Waals surface area (Å²) in [5.41, 5.74) is 2.47. The molecule has 2 atom stereocenters. The molecular formula is C29H25NO7. The van der Waals surface area contributed by atoms with Crippen LogP contribution in [0.15, 0.2) is 72.3 Å². The van der Waals surface area contributed by atoms with E-state index in [9.17, 15) is 19.5 Å². The molecule has 188 valence electrons. The van der Waals surface area contributed by atoms with Gasteiger partial charge in [-0.1, -0.05) is 18.2 Å². The molecule has 1 amide bonds. The number of ether oxygens (including phenoxy) is 3. The average Bonchev–Trinajstić information content (AvgIpc) is 3.42. The van der Waals surface area contributed by atoms with Gasteiger partial charge in [-0.15, -0.1) is 0 Å². The van der Waals surface area contributed by atoms with Gasteiger partial charge in [0.1, 0.15) is 23.4 Å². The molecule has 1 saturated heterocycles. The maximum Gasteiger partial charge on any atom is 0.337 e. The first-order chi connectivity index (χ1) is 17.8. The standard InChI is InChI=1S/C29H25NO7/c1-16-14-19-15-18(10-13-22(19)37-16)26(31)24-25(21-6-4-5-7-23(21)35-2)30(28(33)27(24)32)20-11-8-17(9-12-20)29(34)36-3/h4-13,15-16,25,31H,14H2,1-3H3/b26-24+. The number of aliphatic hydroxyl groups is 1. The number of methoxy groups -OCH3 is 2. The summed E-state index contributed by atoms with van der Waals surface area (Å²) in [4.78, 5) is 40.1. The molecule has 0 bridgehead atoms. The van der Waals surface area contributed by atoms with Gasteiger partial charge < -0.3 is 19.3 Å². The van der Waals surface area contributed by atoms with Crippen molar-refractivity contribution in [2.45, 2.75) is 25.5 Å². The van der Waals surface area contributed by atoms with Crippen LogP contribution in [0.25, 0.3) is 5.76 Å². The van der Waals surface area contributed by atoms with Gasteiger partial charge in [0, 0.05) is 23.2 Å². The van der Waals surface area contributed by atoms with E-state index in [4.69, 9.17) is 14.2 Å². The Morgan fingerprint density at radius 2 is 1.70 bits per heavy atom. The highest BCUT2D eigenvalue weighted by Gasteiger charge is 2.48. The maximum atomic E-state index is 13.4.